The first-order valence-electron chi connectivity index (χ1n) is 8.34. The third-order valence-electron chi connectivity index (χ3n) is 4.22. The van der Waals surface area contributed by atoms with Crippen LogP contribution in [0.3, 0.4) is 0 Å². The van der Waals surface area contributed by atoms with Gasteiger partial charge in [-0.25, -0.2) is 4.98 Å². The molecule has 2 atom stereocenters. The highest BCUT2D eigenvalue weighted by Gasteiger charge is 2.24. The van der Waals surface area contributed by atoms with Gasteiger partial charge in [0.15, 0.2) is 11.5 Å². The molecule has 0 bridgehead atoms. The maximum atomic E-state index is 12.1. The van der Waals surface area contributed by atoms with E-state index in [-0.39, 0.29) is 23.7 Å². The molecule has 1 aliphatic carbocycles. The zero-order chi connectivity index (χ0) is 18.5. The van der Waals surface area contributed by atoms with Gasteiger partial charge in [-0.3, -0.25) is 4.79 Å². The first-order valence-corrected chi connectivity index (χ1v) is 8.34. The second-order valence-corrected chi connectivity index (χ2v) is 6.15. The lowest BCUT2D eigenvalue weighted by molar-refractivity contribution is 0.0958. The molecule has 9 nitrogen and oxygen atoms in total. The van der Waals surface area contributed by atoms with E-state index >= 15 is 0 Å². The zero-order valence-corrected chi connectivity index (χ0v) is 14.4. The molecule has 2 aromatic heterocycles. The predicted octanol–water partition coefficient (Wildman–Crippen LogP) is 1.14. The monoisotopic (exact) mass is 352 g/mol. The van der Waals surface area contributed by atoms with Crippen molar-refractivity contribution >= 4 is 23.1 Å². The van der Waals surface area contributed by atoms with Crippen LogP contribution in [-0.2, 0) is 0 Å². The van der Waals surface area contributed by atoms with Crippen LogP contribution in [0, 0.1) is 11.3 Å². The predicted molar refractivity (Wildman–Crippen MR) is 96.9 cm³/mol. The Hall–Kier alpha value is -3.25. The van der Waals surface area contributed by atoms with Crippen molar-refractivity contribution in [2.45, 2.75) is 31.3 Å². The van der Waals surface area contributed by atoms with Crippen LogP contribution in [0.5, 0.6) is 0 Å². The number of carbonyl (C=O) groups excluding carboxylic acids is 1. The van der Waals surface area contributed by atoms with Crippen LogP contribution >= 0.6 is 0 Å². The summed E-state index contributed by atoms with van der Waals surface area (Å²) in [5.74, 6) is 0.155. The Morgan fingerprint density at radius 1 is 1.35 bits per heavy atom. The van der Waals surface area contributed by atoms with Gasteiger partial charge in [0.25, 0.3) is 5.91 Å². The van der Waals surface area contributed by atoms with Gasteiger partial charge in [0.2, 0.25) is 0 Å². The minimum atomic E-state index is -0.311. The van der Waals surface area contributed by atoms with Crippen molar-refractivity contribution in [1.82, 2.24) is 20.5 Å². The van der Waals surface area contributed by atoms with Gasteiger partial charge in [0.1, 0.15) is 11.8 Å². The quantitative estimate of drug-likeness (QED) is 0.627. The summed E-state index contributed by atoms with van der Waals surface area (Å²) in [6, 6.07) is 7.40. The number of nitrogens with zero attached hydrogens (tertiary/aromatic N) is 4. The molecule has 26 heavy (non-hydrogen) atoms. The molecule has 2 unspecified atom stereocenters. The van der Waals surface area contributed by atoms with E-state index in [1.54, 1.807) is 25.2 Å². The molecule has 2 aromatic rings. The number of anilines is 3. The van der Waals surface area contributed by atoms with Crippen molar-refractivity contribution in [3.05, 3.63) is 35.8 Å². The number of nitrogens with one attached hydrogen (secondary N) is 3. The Bertz CT molecular complexity index is 830. The third-order valence-corrected chi connectivity index (χ3v) is 4.22. The lowest BCUT2D eigenvalue weighted by Gasteiger charge is -2.17. The van der Waals surface area contributed by atoms with Crippen LogP contribution in [0.25, 0.3) is 0 Å². The number of rotatable bonds is 5. The summed E-state index contributed by atoms with van der Waals surface area (Å²) in [5.41, 5.74) is 7.80. The molecule has 134 valence electrons. The second kappa shape index (κ2) is 7.76. The summed E-state index contributed by atoms with van der Waals surface area (Å²) in [6.45, 7) is 0. The molecular formula is C17H20N8O. The van der Waals surface area contributed by atoms with Gasteiger partial charge in [0.05, 0.1) is 17.6 Å². The van der Waals surface area contributed by atoms with E-state index in [4.69, 9.17) is 11.0 Å². The summed E-state index contributed by atoms with van der Waals surface area (Å²) in [5, 5.41) is 25.9. The third kappa shape index (κ3) is 4.04. The van der Waals surface area contributed by atoms with Gasteiger partial charge in [-0.15, -0.1) is 10.2 Å². The maximum absolute atomic E-state index is 12.1. The lowest BCUT2D eigenvalue weighted by atomic mass is 10.2. The largest absolute Gasteiger partial charge is 0.380 e. The Morgan fingerprint density at radius 3 is 2.81 bits per heavy atom. The van der Waals surface area contributed by atoms with Crippen molar-refractivity contribution in [3.63, 3.8) is 0 Å². The summed E-state index contributed by atoms with van der Waals surface area (Å²) in [6.07, 6.45) is 4.28. The van der Waals surface area contributed by atoms with Crippen molar-refractivity contribution in [2.24, 2.45) is 5.73 Å². The molecule has 0 radical (unpaired) electrons. The Kier molecular flexibility index (Phi) is 5.24. The molecule has 1 aliphatic rings. The van der Waals surface area contributed by atoms with Crippen LogP contribution in [-0.4, -0.2) is 40.2 Å². The first kappa shape index (κ1) is 17.6. The average Bonchev–Trinajstić information content (AvgIpc) is 3.07. The zero-order valence-electron chi connectivity index (χ0n) is 14.4. The smallest absolute Gasteiger partial charge is 0.273 e. The lowest BCUT2D eigenvalue weighted by Crippen LogP contribution is -2.25. The fourth-order valence-corrected chi connectivity index (χ4v) is 2.90. The second-order valence-electron chi connectivity index (χ2n) is 6.15. The van der Waals surface area contributed by atoms with Crippen molar-refractivity contribution < 1.29 is 4.79 Å². The van der Waals surface area contributed by atoms with Gasteiger partial charge in [-0.2, -0.15) is 5.26 Å². The van der Waals surface area contributed by atoms with E-state index in [1.165, 1.54) is 6.20 Å². The number of carbonyl (C=O) groups is 1. The molecule has 0 aromatic carbocycles. The fraction of sp³-hybridized carbons (Fsp3) is 0.353. The minimum absolute atomic E-state index is 0.174. The normalized spacial score (nSPS) is 18.8. The maximum Gasteiger partial charge on any atom is 0.273 e. The average molecular weight is 352 g/mol. The van der Waals surface area contributed by atoms with Crippen LogP contribution in [0.1, 0.15) is 35.4 Å². The van der Waals surface area contributed by atoms with Crippen LogP contribution in [0.4, 0.5) is 17.2 Å². The summed E-state index contributed by atoms with van der Waals surface area (Å²) in [7, 11) is 1.55. The van der Waals surface area contributed by atoms with E-state index in [1.807, 2.05) is 6.07 Å². The summed E-state index contributed by atoms with van der Waals surface area (Å²) >= 11 is 0. The fourth-order valence-electron chi connectivity index (χ4n) is 2.90. The van der Waals surface area contributed by atoms with Gasteiger partial charge in [-0.05, 0) is 31.4 Å². The molecule has 0 spiro atoms. The van der Waals surface area contributed by atoms with Gasteiger partial charge < -0.3 is 21.7 Å². The number of hydrogen-bond donors (Lipinski definition) is 4. The van der Waals surface area contributed by atoms with Gasteiger partial charge >= 0.3 is 0 Å². The highest BCUT2D eigenvalue weighted by atomic mass is 16.1. The van der Waals surface area contributed by atoms with Crippen molar-refractivity contribution in [2.75, 3.05) is 17.7 Å². The van der Waals surface area contributed by atoms with Gasteiger partial charge in [-0.1, -0.05) is 0 Å². The number of nitrogens with two attached hydrogens (primary N) is 1. The van der Waals surface area contributed by atoms with Crippen LogP contribution in [0.15, 0.2) is 24.4 Å². The standard InChI is InChI=1S/C17H20N8O/c1-20-17(26)16-14(22-11-3-2-10(19)6-11)7-15(24-25-16)23-13-5-4-12(8-18)21-9-13/h4-5,7,9-11H,2-3,6,19H2,1H3,(H,20,26)(H2,22,23,24). The van der Waals surface area contributed by atoms with Gasteiger partial charge in [0, 0.05) is 25.2 Å². The van der Waals surface area contributed by atoms with E-state index in [2.05, 4.69) is 31.1 Å². The highest BCUT2D eigenvalue weighted by molar-refractivity contribution is 5.97. The number of pyridine rings is 1. The number of nitriles is 1. The molecule has 1 amide bonds. The molecule has 5 N–H and O–H groups in total. The minimum Gasteiger partial charge on any atom is -0.380 e. The van der Waals surface area contributed by atoms with Crippen LogP contribution in [0.2, 0.25) is 0 Å². The number of aromatic nitrogens is 3. The van der Waals surface area contributed by atoms with E-state index < -0.39 is 0 Å². The Morgan fingerprint density at radius 2 is 2.19 bits per heavy atom. The molecule has 1 saturated carbocycles. The topological polar surface area (TPSA) is 142 Å². The summed E-state index contributed by atoms with van der Waals surface area (Å²) in [4.78, 5) is 16.1. The molecular weight excluding hydrogens is 332 g/mol. The molecule has 1 fully saturated rings. The van der Waals surface area contributed by atoms with E-state index in [0.717, 1.165) is 19.3 Å². The number of amides is 1. The van der Waals surface area contributed by atoms with E-state index in [9.17, 15) is 4.79 Å². The molecule has 3 rings (SSSR count). The molecule has 0 saturated heterocycles. The highest BCUT2D eigenvalue weighted by Crippen LogP contribution is 2.25. The molecule has 2 heterocycles. The summed E-state index contributed by atoms with van der Waals surface area (Å²) < 4.78 is 0. The first-order chi connectivity index (χ1) is 12.6. The van der Waals surface area contributed by atoms with E-state index in [0.29, 0.717) is 22.9 Å². The SMILES string of the molecule is CNC(=O)c1nnc(Nc2ccc(C#N)nc2)cc1NC1CCC(N)C1. The van der Waals surface area contributed by atoms with Crippen molar-refractivity contribution in [1.29, 1.82) is 5.26 Å². The van der Waals surface area contributed by atoms with Crippen LogP contribution < -0.4 is 21.7 Å². The Labute approximate surface area is 151 Å². The molecule has 0 aliphatic heterocycles. The molecule has 9 heteroatoms. The number of hydrogen-bond acceptors (Lipinski definition) is 8. The van der Waals surface area contributed by atoms with Crippen molar-refractivity contribution in [3.8, 4) is 6.07 Å². The Balaban J connectivity index is 1.83.